The van der Waals surface area contributed by atoms with Gasteiger partial charge in [-0.05, 0) is 30.5 Å². The molecule has 1 aliphatic heterocycles. The molecule has 0 unspecified atom stereocenters. The van der Waals surface area contributed by atoms with Gasteiger partial charge in [-0.1, -0.05) is 6.07 Å². The Morgan fingerprint density at radius 1 is 1.31 bits per heavy atom. The Bertz CT molecular complexity index is 970. The lowest BCUT2D eigenvalue weighted by atomic mass is 10.1. The van der Waals surface area contributed by atoms with E-state index in [0.29, 0.717) is 41.3 Å². The Hall–Kier alpha value is -2.78. The van der Waals surface area contributed by atoms with Crippen LogP contribution in [0.1, 0.15) is 12.8 Å². The van der Waals surface area contributed by atoms with Crippen molar-refractivity contribution >= 4 is 34.1 Å². The number of hydrogen-bond acceptors (Lipinski definition) is 7. The van der Waals surface area contributed by atoms with Crippen molar-refractivity contribution in [1.29, 1.82) is 0 Å². The Kier molecular flexibility index (Phi) is 4.39. The minimum atomic E-state index is -0.405. The van der Waals surface area contributed by atoms with Gasteiger partial charge in [0.1, 0.15) is 16.9 Å². The molecular weight excluding hydrogens is 360 g/mol. The van der Waals surface area contributed by atoms with Crippen LogP contribution in [0.25, 0.3) is 22.4 Å². The van der Waals surface area contributed by atoms with Crippen LogP contribution in [-0.2, 0) is 4.74 Å². The van der Waals surface area contributed by atoms with E-state index in [2.05, 4.69) is 25.3 Å². The molecule has 26 heavy (non-hydrogen) atoms. The van der Waals surface area contributed by atoms with Crippen LogP contribution in [0.4, 0.5) is 11.4 Å². The number of nitro groups is 1. The summed E-state index contributed by atoms with van der Waals surface area (Å²) in [5.41, 5.74) is 2.48. The third kappa shape index (κ3) is 3.18. The molecule has 1 fully saturated rings. The molecule has 3 aromatic rings. The zero-order valence-corrected chi connectivity index (χ0v) is 14.4. The van der Waals surface area contributed by atoms with Gasteiger partial charge in [0.2, 0.25) is 5.28 Å². The molecule has 1 aromatic carbocycles. The molecule has 1 saturated heterocycles. The number of aromatic nitrogens is 4. The summed E-state index contributed by atoms with van der Waals surface area (Å²) in [6.45, 7) is 1.31. The Morgan fingerprint density at radius 2 is 2.12 bits per heavy atom. The number of ether oxygens (including phenoxy) is 1. The third-order valence-electron chi connectivity index (χ3n) is 4.31. The maximum absolute atomic E-state index is 11.6. The fraction of sp³-hybridized carbons (Fsp3) is 0.312. The predicted molar refractivity (Wildman–Crippen MR) is 96.2 cm³/mol. The minimum Gasteiger partial charge on any atom is -0.381 e. The molecule has 134 valence electrons. The first-order valence-electron chi connectivity index (χ1n) is 8.11. The molecule has 0 atom stereocenters. The van der Waals surface area contributed by atoms with E-state index in [0.717, 1.165) is 12.8 Å². The van der Waals surface area contributed by atoms with Gasteiger partial charge in [0, 0.05) is 30.9 Å². The molecule has 0 amide bonds. The fourth-order valence-electron chi connectivity index (χ4n) is 3.03. The smallest absolute Gasteiger partial charge is 0.292 e. The summed E-state index contributed by atoms with van der Waals surface area (Å²) in [4.78, 5) is 26.4. The number of hydrogen-bond donors (Lipinski definition) is 2. The van der Waals surface area contributed by atoms with Crippen molar-refractivity contribution in [2.75, 3.05) is 18.5 Å². The van der Waals surface area contributed by atoms with E-state index in [1.54, 1.807) is 12.1 Å². The highest BCUT2D eigenvalue weighted by atomic mass is 35.5. The number of nitrogens with one attached hydrogen (secondary N) is 2. The van der Waals surface area contributed by atoms with Crippen LogP contribution in [0.2, 0.25) is 5.28 Å². The topological polar surface area (TPSA) is 119 Å². The zero-order chi connectivity index (χ0) is 18.1. The summed E-state index contributed by atoms with van der Waals surface area (Å²) in [6, 6.07) is 5.11. The van der Waals surface area contributed by atoms with E-state index < -0.39 is 4.92 Å². The number of nitro benzene ring substituents is 1. The second-order valence-electron chi connectivity index (χ2n) is 5.96. The number of imidazole rings is 1. The molecular formula is C16H15ClN6O3. The Balaban J connectivity index is 1.74. The van der Waals surface area contributed by atoms with Gasteiger partial charge in [0.25, 0.3) is 5.69 Å². The normalized spacial score (nSPS) is 15.3. The van der Waals surface area contributed by atoms with Crippen LogP contribution in [0, 0.1) is 10.1 Å². The maximum Gasteiger partial charge on any atom is 0.292 e. The van der Waals surface area contributed by atoms with Crippen molar-refractivity contribution in [2.24, 2.45) is 0 Å². The molecule has 10 heteroatoms. The van der Waals surface area contributed by atoms with Gasteiger partial charge < -0.3 is 15.0 Å². The van der Waals surface area contributed by atoms with E-state index in [1.807, 2.05) is 0 Å². The fourth-order valence-corrected chi connectivity index (χ4v) is 3.19. The summed E-state index contributed by atoms with van der Waals surface area (Å²) < 4.78 is 5.33. The number of rotatable bonds is 4. The first-order chi connectivity index (χ1) is 12.6. The van der Waals surface area contributed by atoms with Crippen LogP contribution in [0.15, 0.2) is 24.5 Å². The highest BCUT2D eigenvalue weighted by Crippen LogP contribution is 2.33. The highest BCUT2D eigenvalue weighted by molar-refractivity contribution is 6.28. The molecule has 3 heterocycles. The van der Waals surface area contributed by atoms with Crippen molar-refractivity contribution in [3.63, 3.8) is 0 Å². The highest BCUT2D eigenvalue weighted by Gasteiger charge is 2.21. The van der Waals surface area contributed by atoms with Gasteiger partial charge in [0.05, 0.1) is 11.3 Å². The number of nitrogens with zero attached hydrogens (tertiary/aromatic N) is 4. The van der Waals surface area contributed by atoms with Crippen LogP contribution >= 0.6 is 11.6 Å². The van der Waals surface area contributed by atoms with Gasteiger partial charge in [-0.2, -0.15) is 4.98 Å². The van der Waals surface area contributed by atoms with E-state index >= 15 is 0 Å². The van der Waals surface area contributed by atoms with E-state index in [1.165, 1.54) is 12.4 Å². The van der Waals surface area contributed by atoms with Gasteiger partial charge in [0.15, 0.2) is 5.65 Å². The molecule has 0 radical (unpaired) electrons. The van der Waals surface area contributed by atoms with Gasteiger partial charge in [-0.3, -0.25) is 10.1 Å². The van der Waals surface area contributed by atoms with E-state index in [9.17, 15) is 10.1 Å². The summed E-state index contributed by atoms with van der Waals surface area (Å²) in [6.07, 6.45) is 3.11. The Morgan fingerprint density at radius 3 is 2.88 bits per heavy atom. The van der Waals surface area contributed by atoms with E-state index in [4.69, 9.17) is 16.3 Å². The lowest BCUT2D eigenvalue weighted by Crippen LogP contribution is -2.28. The van der Waals surface area contributed by atoms with Crippen molar-refractivity contribution in [3.05, 3.63) is 39.9 Å². The second kappa shape index (κ2) is 6.85. The SMILES string of the molecule is O=[N+]([O-])c1cc(-c2nc(Cl)nc3nc[nH]c23)ccc1NC1CCOCC1. The standard InChI is InChI=1S/C16H15ClN6O3/c17-16-21-13(14-15(22-16)19-8-18-14)9-1-2-11(12(7-9)23(24)25)20-10-3-5-26-6-4-10/h1-2,7-8,10,20H,3-6H2,(H,18,19,21,22). The molecule has 1 aliphatic rings. The second-order valence-corrected chi connectivity index (χ2v) is 6.30. The van der Waals surface area contributed by atoms with Gasteiger partial charge >= 0.3 is 0 Å². The molecule has 2 aromatic heterocycles. The van der Waals surface area contributed by atoms with Gasteiger partial charge in [-0.25, -0.2) is 9.97 Å². The summed E-state index contributed by atoms with van der Waals surface area (Å²) in [5.74, 6) is 0. The van der Waals surface area contributed by atoms with Crippen molar-refractivity contribution < 1.29 is 9.66 Å². The predicted octanol–water partition coefficient (Wildman–Crippen LogP) is 3.17. The number of anilines is 1. The summed E-state index contributed by atoms with van der Waals surface area (Å²) in [7, 11) is 0. The largest absolute Gasteiger partial charge is 0.381 e. The minimum absolute atomic E-state index is 0.0172. The number of aromatic amines is 1. The Labute approximate surface area is 152 Å². The first kappa shape index (κ1) is 16.7. The first-order valence-corrected chi connectivity index (χ1v) is 8.49. The van der Waals surface area contributed by atoms with E-state index in [-0.39, 0.29) is 17.0 Å². The lowest BCUT2D eigenvalue weighted by Gasteiger charge is -2.24. The third-order valence-corrected chi connectivity index (χ3v) is 4.48. The average molecular weight is 375 g/mol. The number of benzene rings is 1. The number of halogens is 1. The van der Waals surface area contributed by atoms with Crippen LogP contribution in [0.3, 0.4) is 0 Å². The maximum atomic E-state index is 11.6. The molecule has 0 aliphatic carbocycles. The lowest BCUT2D eigenvalue weighted by molar-refractivity contribution is -0.383. The van der Waals surface area contributed by atoms with Crippen molar-refractivity contribution in [3.8, 4) is 11.3 Å². The molecule has 2 N–H and O–H groups in total. The zero-order valence-electron chi connectivity index (χ0n) is 13.6. The van der Waals surface area contributed by atoms with Gasteiger partial charge in [-0.15, -0.1) is 0 Å². The van der Waals surface area contributed by atoms with Crippen LogP contribution in [-0.4, -0.2) is 44.1 Å². The molecule has 4 rings (SSSR count). The number of H-pyrrole nitrogens is 1. The molecule has 0 spiro atoms. The quantitative estimate of drug-likeness (QED) is 0.409. The van der Waals surface area contributed by atoms with Crippen LogP contribution < -0.4 is 5.32 Å². The average Bonchev–Trinajstić information content (AvgIpc) is 3.10. The van der Waals surface area contributed by atoms with Crippen molar-refractivity contribution in [1.82, 2.24) is 19.9 Å². The monoisotopic (exact) mass is 374 g/mol. The summed E-state index contributed by atoms with van der Waals surface area (Å²) >= 11 is 5.96. The van der Waals surface area contributed by atoms with Crippen LogP contribution in [0.5, 0.6) is 0 Å². The molecule has 0 bridgehead atoms. The molecule has 9 nitrogen and oxygen atoms in total. The molecule has 0 saturated carbocycles. The van der Waals surface area contributed by atoms with Crippen molar-refractivity contribution in [2.45, 2.75) is 18.9 Å². The number of fused-ring (bicyclic) bond motifs is 1. The summed E-state index contributed by atoms with van der Waals surface area (Å²) in [5, 5.41) is 14.9.